The van der Waals surface area contributed by atoms with Crippen molar-refractivity contribution in [2.75, 3.05) is 6.61 Å². The maximum atomic E-state index is 12.0. The summed E-state index contributed by atoms with van der Waals surface area (Å²) < 4.78 is 5.49. The molecule has 0 atom stereocenters. The third-order valence-electron chi connectivity index (χ3n) is 11.0. The van der Waals surface area contributed by atoms with Gasteiger partial charge in [-0.25, -0.2) is 0 Å². The smallest absolute Gasteiger partial charge is 0.305 e. The van der Waals surface area contributed by atoms with Crippen molar-refractivity contribution in [3.63, 3.8) is 0 Å². The van der Waals surface area contributed by atoms with Crippen LogP contribution in [0, 0.1) is 0 Å². The zero-order chi connectivity index (χ0) is 35.4. The molecule has 2 heteroatoms. The molecule has 0 rings (SSSR count). The molecule has 294 valence electrons. The molecule has 0 radical (unpaired) electrons. The van der Waals surface area contributed by atoms with Crippen molar-refractivity contribution in [3.05, 3.63) is 0 Å². The van der Waals surface area contributed by atoms with Gasteiger partial charge in [0.1, 0.15) is 0 Å². The van der Waals surface area contributed by atoms with Gasteiger partial charge in [0.25, 0.3) is 0 Å². The van der Waals surface area contributed by atoms with Crippen molar-refractivity contribution in [2.45, 2.75) is 290 Å². The zero-order valence-electron chi connectivity index (χ0n) is 34.4. The van der Waals surface area contributed by atoms with Crippen LogP contribution in [0.3, 0.4) is 0 Å². The minimum atomic E-state index is 0.0333. The lowest BCUT2D eigenvalue weighted by Gasteiger charge is -2.06. The molecule has 0 unspecified atom stereocenters. The molecule has 0 aromatic carbocycles. The summed E-state index contributed by atoms with van der Waals surface area (Å²) in [5.74, 6) is 0.0333. The summed E-state index contributed by atoms with van der Waals surface area (Å²) in [6, 6.07) is 0. The van der Waals surface area contributed by atoms with E-state index in [1.54, 1.807) is 0 Å². The molecule has 0 amide bonds. The Labute approximate surface area is 311 Å². The fourth-order valence-corrected chi connectivity index (χ4v) is 7.49. The van der Waals surface area contributed by atoms with E-state index in [1.807, 2.05) is 0 Å². The highest BCUT2D eigenvalue weighted by Crippen LogP contribution is 2.17. The average molecular weight is 691 g/mol. The monoisotopic (exact) mass is 691 g/mol. The predicted molar refractivity (Wildman–Crippen MR) is 221 cm³/mol. The Bertz CT molecular complexity index is 587. The van der Waals surface area contributed by atoms with Gasteiger partial charge in [0.2, 0.25) is 0 Å². The quantitative estimate of drug-likeness (QED) is 0.0470. The molecule has 0 aliphatic heterocycles. The molecule has 0 saturated heterocycles. The molecule has 0 fully saturated rings. The standard InChI is InChI=1S/C47H94O2/c1-3-5-7-9-11-13-15-17-19-21-23-25-26-27-29-31-33-35-37-39-41-43-45-47(48)49-46-44-42-40-38-36-34-32-30-28-24-22-20-18-16-14-12-10-8-6-4-2/h3-46H2,1-2H3. The number of esters is 1. The molecular formula is C47H94O2. The van der Waals surface area contributed by atoms with Crippen molar-refractivity contribution < 1.29 is 9.53 Å². The SMILES string of the molecule is CCCCCCCCCCCCCCCCCCCCCCCCC(=O)OCCCCCCCCCCCCCCCCCCCCCC. The highest BCUT2D eigenvalue weighted by Gasteiger charge is 2.03. The van der Waals surface area contributed by atoms with Crippen molar-refractivity contribution in [1.82, 2.24) is 0 Å². The van der Waals surface area contributed by atoms with Gasteiger partial charge >= 0.3 is 5.97 Å². The Morgan fingerprint density at radius 1 is 0.265 bits per heavy atom. The van der Waals surface area contributed by atoms with Crippen molar-refractivity contribution in [1.29, 1.82) is 0 Å². The highest BCUT2D eigenvalue weighted by atomic mass is 16.5. The first-order valence-corrected chi connectivity index (χ1v) is 23.5. The van der Waals surface area contributed by atoms with Gasteiger partial charge in [0.15, 0.2) is 0 Å². The van der Waals surface area contributed by atoms with Gasteiger partial charge in [-0.05, 0) is 12.8 Å². The average Bonchev–Trinajstić information content (AvgIpc) is 3.11. The second-order valence-electron chi connectivity index (χ2n) is 16.1. The number of hydrogen-bond acceptors (Lipinski definition) is 2. The van der Waals surface area contributed by atoms with Gasteiger partial charge in [0, 0.05) is 6.42 Å². The summed E-state index contributed by atoms with van der Waals surface area (Å²) in [6.45, 7) is 5.24. The lowest BCUT2D eigenvalue weighted by molar-refractivity contribution is -0.143. The first-order chi connectivity index (χ1) is 24.3. The number of unbranched alkanes of at least 4 members (excludes halogenated alkanes) is 40. The molecule has 0 saturated carbocycles. The molecule has 2 nitrogen and oxygen atoms in total. The van der Waals surface area contributed by atoms with E-state index < -0.39 is 0 Å². The van der Waals surface area contributed by atoms with Crippen LogP contribution in [0.4, 0.5) is 0 Å². The number of carbonyl (C=O) groups is 1. The van der Waals surface area contributed by atoms with Crippen LogP contribution in [0.15, 0.2) is 0 Å². The molecular weight excluding hydrogens is 597 g/mol. The van der Waals surface area contributed by atoms with E-state index >= 15 is 0 Å². The molecule has 0 heterocycles. The summed E-state index contributed by atoms with van der Waals surface area (Å²) in [4.78, 5) is 12.0. The van der Waals surface area contributed by atoms with Gasteiger partial charge < -0.3 is 4.74 Å². The first kappa shape index (κ1) is 48.5. The van der Waals surface area contributed by atoms with Crippen LogP contribution in [0.1, 0.15) is 290 Å². The molecule has 0 bridgehead atoms. The van der Waals surface area contributed by atoms with Crippen molar-refractivity contribution >= 4 is 5.97 Å². The van der Waals surface area contributed by atoms with Crippen LogP contribution in [-0.2, 0) is 9.53 Å². The van der Waals surface area contributed by atoms with E-state index in [0.29, 0.717) is 13.0 Å². The summed E-state index contributed by atoms with van der Waals surface area (Å²) in [5, 5.41) is 0. The second kappa shape index (κ2) is 45.5. The molecule has 0 aliphatic rings. The largest absolute Gasteiger partial charge is 0.466 e. The second-order valence-corrected chi connectivity index (χ2v) is 16.1. The van der Waals surface area contributed by atoms with Crippen LogP contribution < -0.4 is 0 Å². The Morgan fingerprint density at radius 3 is 0.673 bits per heavy atom. The Morgan fingerprint density at radius 2 is 0.449 bits per heavy atom. The fourth-order valence-electron chi connectivity index (χ4n) is 7.49. The van der Waals surface area contributed by atoms with E-state index in [4.69, 9.17) is 4.74 Å². The van der Waals surface area contributed by atoms with Crippen LogP contribution in [-0.4, -0.2) is 12.6 Å². The minimum absolute atomic E-state index is 0.0333. The van der Waals surface area contributed by atoms with Gasteiger partial charge in [-0.1, -0.05) is 271 Å². The summed E-state index contributed by atoms with van der Waals surface area (Å²) in [7, 11) is 0. The molecule has 0 spiro atoms. The van der Waals surface area contributed by atoms with Crippen molar-refractivity contribution in [2.24, 2.45) is 0 Å². The predicted octanol–water partition coefficient (Wildman–Crippen LogP) is 17.3. The van der Waals surface area contributed by atoms with Crippen LogP contribution in [0.25, 0.3) is 0 Å². The topological polar surface area (TPSA) is 26.3 Å². The van der Waals surface area contributed by atoms with Gasteiger partial charge in [0.05, 0.1) is 6.61 Å². The normalized spacial score (nSPS) is 11.5. The lowest BCUT2D eigenvalue weighted by atomic mass is 10.0. The third-order valence-corrected chi connectivity index (χ3v) is 11.0. The highest BCUT2D eigenvalue weighted by molar-refractivity contribution is 5.69. The summed E-state index contributed by atoms with van der Waals surface area (Å²) >= 11 is 0. The fraction of sp³-hybridized carbons (Fsp3) is 0.979. The van der Waals surface area contributed by atoms with E-state index in [2.05, 4.69) is 13.8 Å². The number of rotatable bonds is 44. The molecule has 49 heavy (non-hydrogen) atoms. The van der Waals surface area contributed by atoms with E-state index in [1.165, 1.54) is 257 Å². The van der Waals surface area contributed by atoms with E-state index in [-0.39, 0.29) is 5.97 Å². The zero-order valence-corrected chi connectivity index (χ0v) is 34.4. The number of ether oxygens (including phenoxy) is 1. The Hall–Kier alpha value is -0.530. The maximum Gasteiger partial charge on any atom is 0.305 e. The van der Waals surface area contributed by atoms with Gasteiger partial charge in [-0.3, -0.25) is 4.79 Å². The van der Waals surface area contributed by atoms with Crippen LogP contribution in [0.5, 0.6) is 0 Å². The number of hydrogen-bond donors (Lipinski definition) is 0. The molecule has 0 N–H and O–H groups in total. The molecule has 0 aliphatic carbocycles. The molecule has 0 aromatic heterocycles. The Balaban J connectivity index is 3.14. The van der Waals surface area contributed by atoms with E-state index in [0.717, 1.165) is 12.8 Å². The summed E-state index contributed by atoms with van der Waals surface area (Å²) in [5.41, 5.74) is 0. The molecule has 0 aromatic rings. The lowest BCUT2D eigenvalue weighted by Crippen LogP contribution is -2.05. The van der Waals surface area contributed by atoms with Gasteiger partial charge in [-0.15, -0.1) is 0 Å². The Kier molecular flexibility index (Phi) is 45.0. The van der Waals surface area contributed by atoms with Gasteiger partial charge in [-0.2, -0.15) is 0 Å². The first-order valence-electron chi connectivity index (χ1n) is 23.5. The third kappa shape index (κ3) is 45.4. The number of carbonyl (C=O) groups excluding carboxylic acids is 1. The minimum Gasteiger partial charge on any atom is -0.466 e. The van der Waals surface area contributed by atoms with Crippen LogP contribution >= 0.6 is 0 Å². The van der Waals surface area contributed by atoms with Crippen LogP contribution in [0.2, 0.25) is 0 Å². The van der Waals surface area contributed by atoms with E-state index in [9.17, 15) is 4.79 Å². The van der Waals surface area contributed by atoms with Crippen molar-refractivity contribution in [3.8, 4) is 0 Å². The maximum absolute atomic E-state index is 12.0. The summed E-state index contributed by atoms with van der Waals surface area (Å²) in [6.07, 6.45) is 59.4.